The Balaban J connectivity index is 2.14. The monoisotopic (exact) mass is 311 g/mol. The Kier molecular flexibility index (Phi) is 3.24. The van der Waals surface area contributed by atoms with Crippen molar-refractivity contribution in [2.75, 3.05) is 6.54 Å². The van der Waals surface area contributed by atoms with E-state index in [1.807, 2.05) is 27.7 Å². The summed E-state index contributed by atoms with van der Waals surface area (Å²) in [6, 6.07) is 2.19. The summed E-state index contributed by atoms with van der Waals surface area (Å²) in [5.41, 5.74) is -1.54. The van der Waals surface area contributed by atoms with Crippen LogP contribution in [0.5, 0.6) is 0 Å². The van der Waals surface area contributed by atoms with Crippen LogP contribution in [0.4, 0.5) is 13.2 Å². The number of fused-ring (bicyclic) bond motifs is 1. The minimum Gasteiger partial charge on any atom is -0.399 e. The lowest BCUT2D eigenvalue weighted by Crippen LogP contribution is -2.49. The molecule has 2 aliphatic rings. The summed E-state index contributed by atoms with van der Waals surface area (Å²) in [6.45, 7) is 7.86. The number of benzene rings is 1. The lowest BCUT2D eigenvalue weighted by molar-refractivity contribution is -0.137. The van der Waals surface area contributed by atoms with E-state index in [1.54, 1.807) is 6.08 Å². The van der Waals surface area contributed by atoms with Crippen molar-refractivity contribution in [2.24, 2.45) is 4.99 Å². The average Bonchev–Trinajstić information content (AvgIpc) is 2.89. The molecule has 0 aromatic heterocycles. The second-order valence-electron chi connectivity index (χ2n) is 6.63. The van der Waals surface area contributed by atoms with Crippen molar-refractivity contribution in [2.45, 2.75) is 45.1 Å². The van der Waals surface area contributed by atoms with E-state index in [0.717, 1.165) is 12.1 Å². The van der Waals surface area contributed by atoms with Crippen molar-refractivity contribution in [3.63, 3.8) is 0 Å². The van der Waals surface area contributed by atoms with Crippen LogP contribution in [-0.4, -0.2) is 24.9 Å². The van der Waals surface area contributed by atoms with Crippen LogP contribution in [-0.2, 0) is 15.5 Å². The van der Waals surface area contributed by atoms with Crippen molar-refractivity contribution in [1.29, 1.82) is 0 Å². The average molecular weight is 311 g/mol. The maximum absolute atomic E-state index is 13.1. The molecule has 0 spiro atoms. The van der Waals surface area contributed by atoms with Gasteiger partial charge >= 0.3 is 13.3 Å². The molecule has 22 heavy (non-hydrogen) atoms. The molecule has 3 nitrogen and oxygen atoms in total. The highest BCUT2D eigenvalue weighted by Crippen LogP contribution is 2.36. The van der Waals surface area contributed by atoms with E-state index in [9.17, 15) is 13.2 Å². The normalized spacial score (nSPS) is 22.2. The summed E-state index contributed by atoms with van der Waals surface area (Å²) < 4.78 is 51.1. The van der Waals surface area contributed by atoms with Gasteiger partial charge in [0.1, 0.15) is 0 Å². The van der Waals surface area contributed by atoms with E-state index in [1.165, 1.54) is 0 Å². The Hall–Kier alpha value is -1.34. The van der Waals surface area contributed by atoms with Crippen molar-refractivity contribution in [1.82, 2.24) is 0 Å². The van der Waals surface area contributed by atoms with Crippen molar-refractivity contribution in [3.8, 4) is 0 Å². The predicted octanol–water partition coefficient (Wildman–Crippen LogP) is 1.42. The largest absolute Gasteiger partial charge is 0.495 e. The van der Waals surface area contributed by atoms with Crippen molar-refractivity contribution in [3.05, 3.63) is 28.3 Å². The predicted molar refractivity (Wildman–Crippen MR) is 77.3 cm³/mol. The van der Waals surface area contributed by atoms with Gasteiger partial charge in [-0.1, -0.05) is 6.08 Å². The highest BCUT2D eigenvalue weighted by Gasteiger charge is 2.52. The Morgan fingerprint density at radius 3 is 2.23 bits per heavy atom. The first-order valence-electron chi connectivity index (χ1n) is 7.13. The van der Waals surface area contributed by atoms with Crippen LogP contribution in [0.15, 0.2) is 17.1 Å². The molecule has 1 saturated heterocycles. The molecule has 0 aliphatic carbocycles. The molecule has 1 fully saturated rings. The van der Waals surface area contributed by atoms with E-state index in [4.69, 9.17) is 9.31 Å². The van der Waals surface area contributed by atoms with Gasteiger partial charge in [0, 0.05) is 0 Å². The van der Waals surface area contributed by atoms with Gasteiger partial charge in [-0.05, 0) is 50.5 Å². The number of hydrogen-bond donors (Lipinski definition) is 0. The van der Waals surface area contributed by atoms with Gasteiger partial charge in [0.2, 0.25) is 0 Å². The van der Waals surface area contributed by atoms with Crippen LogP contribution < -0.4 is 16.0 Å². The molecule has 1 aromatic carbocycles. The van der Waals surface area contributed by atoms with Crippen molar-refractivity contribution >= 4 is 18.7 Å². The number of hydrogen-bond acceptors (Lipinski definition) is 3. The first-order chi connectivity index (χ1) is 10.0. The molecule has 0 unspecified atom stereocenters. The van der Waals surface area contributed by atoms with E-state index in [2.05, 4.69) is 4.99 Å². The van der Waals surface area contributed by atoms with E-state index in [0.29, 0.717) is 22.6 Å². The summed E-state index contributed by atoms with van der Waals surface area (Å²) in [7, 11) is -0.828. The first kappa shape index (κ1) is 15.6. The minimum absolute atomic E-state index is 0.347. The van der Waals surface area contributed by atoms with Gasteiger partial charge in [-0.25, -0.2) is 0 Å². The fourth-order valence-corrected chi connectivity index (χ4v) is 2.58. The third-order valence-corrected chi connectivity index (χ3v) is 4.58. The summed E-state index contributed by atoms with van der Waals surface area (Å²) >= 11 is 0. The number of halogens is 3. The van der Waals surface area contributed by atoms with E-state index < -0.39 is 30.1 Å². The second kappa shape index (κ2) is 4.58. The molecular weight excluding hydrogens is 294 g/mol. The standard InChI is InChI=1S/C15H17BF3NO2/c1-13(2)14(3,4)22-16(21-13)11-7-9(15(17,18)19)8-12-10(11)5-6-20-12/h5,7-8H,6H2,1-4H3. The number of nitrogens with zero attached hydrogens (tertiary/aromatic N) is 1. The maximum atomic E-state index is 13.1. The summed E-state index contributed by atoms with van der Waals surface area (Å²) in [5, 5.41) is 1.02. The molecule has 118 valence electrons. The molecular formula is C15H17BF3NO2. The fraction of sp³-hybridized carbons (Fsp3) is 0.533. The van der Waals surface area contributed by atoms with Gasteiger partial charge in [0.15, 0.2) is 0 Å². The van der Waals surface area contributed by atoms with Crippen LogP contribution in [0.1, 0.15) is 33.3 Å². The van der Waals surface area contributed by atoms with Crippen molar-refractivity contribution < 1.29 is 22.5 Å². The number of rotatable bonds is 1. The zero-order valence-electron chi connectivity index (χ0n) is 12.9. The zero-order valence-corrected chi connectivity index (χ0v) is 12.9. The van der Waals surface area contributed by atoms with Crippen LogP contribution in [0.25, 0.3) is 6.08 Å². The fourth-order valence-electron chi connectivity index (χ4n) is 2.58. The van der Waals surface area contributed by atoms with Crippen LogP contribution in [0, 0.1) is 0 Å². The molecule has 3 rings (SSSR count). The zero-order chi connectivity index (χ0) is 16.3. The third-order valence-electron chi connectivity index (χ3n) is 4.58. The summed E-state index contributed by atoms with van der Waals surface area (Å²) in [5.74, 6) is 0. The first-order valence-corrected chi connectivity index (χ1v) is 7.13. The van der Waals surface area contributed by atoms with Gasteiger partial charge in [-0.2, -0.15) is 13.2 Å². The lowest BCUT2D eigenvalue weighted by atomic mass is 9.76. The maximum Gasteiger partial charge on any atom is 0.495 e. The highest BCUT2D eigenvalue weighted by atomic mass is 19.4. The van der Waals surface area contributed by atoms with Crippen LogP contribution >= 0.6 is 0 Å². The minimum atomic E-state index is -4.43. The van der Waals surface area contributed by atoms with Gasteiger partial charge in [0.25, 0.3) is 0 Å². The number of alkyl halides is 3. The Morgan fingerprint density at radius 1 is 1.09 bits per heavy atom. The lowest BCUT2D eigenvalue weighted by Gasteiger charge is -2.32. The molecule has 2 aliphatic heterocycles. The van der Waals surface area contributed by atoms with E-state index >= 15 is 0 Å². The van der Waals surface area contributed by atoms with E-state index in [-0.39, 0.29) is 0 Å². The summed E-state index contributed by atoms with van der Waals surface area (Å²) in [6.07, 6.45) is -2.62. The molecule has 0 amide bonds. The van der Waals surface area contributed by atoms with Crippen LogP contribution in [0.3, 0.4) is 0 Å². The molecule has 1 aromatic rings. The topological polar surface area (TPSA) is 30.8 Å². The molecule has 0 saturated carbocycles. The Labute approximate surface area is 127 Å². The quantitative estimate of drug-likeness (QED) is 0.735. The Morgan fingerprint density at radius 2 is 1.68 bits per heavy atom. The smallest absolute Gasteiger partial charge is 0.399 e. The second-order valence-corrected chi connectivity index (χ2v) is 6.63. The SMILES string of the molecule is CC1(C)OB(c2cc(C(F)(F)F)cc3c2=CCN=3)OC1(C)C. The summed E-state index contributed by atoms with van der Waals surface area (Å²) in [4.78, 5) is 4.11. The third kappa shape index (κ3) is 2.36. The van der Waals surface area contributed by atoms with Gasteiger partial charge in [-0.15, -0.1) is 0 Å². The van der Waals surface area contributed by atoms with Gasteiger partial charge in [-0.3, -0.25) is 4.99 Å². The molecule has 0 N–H and O–H groups in total. The molecule has 2 heterocycles. The molecule has 0 atom stereocenters. The highest BCUT2D eigenvalue weighted by molar-refractivity contribution is 6.62. The van der Waals surface area contributed by atoms with Gasteiger partial charge < -0.3 is 9.31 Å². The molecule has 0 bridgehead atoms. The van der Waals surface area contributed by atoms with Gasteiger partial charge in [0.05, 0.1) is 28.7 Å². The Bertz CT molecular complexity index is 724. The molecule has 7 heteroatoms. The molecule has 0 radical (unpaired) electrons. The van der Waals surface area contributed by atoms with Crippen LogP contribution in [0.2, 0.25) is 0 Å².